The first-order valence-electron chi connectivity index (χ1n) is 6.32. The van der Waals surface area contributed by atoms with Gasteiger partial charge in [0.05, 0.1) is 0 Å². The normalized spacial score (nSPS) is 10.0. The van der Waals surface area contributed by atoms with E-state index in [1.807, 2.05) is 32.0 Å². The Morgan fingerprint density at radius 2 is 1.95 bits per heavy atom. The summed E-state index contributed by atoms with van der Waals surface area (Å²) < 4.78 is 5.03. The van der Waals surface area contributed by atoms with Crippen LogP contribution in [0, 0.1) is 6.92 Å². The second kappa shape index (κ2) is 8.26. The second-order valence-corrected chi connectivity index (χ2v) is 4.26. The minimum absolute atomic E-state index is 0.0960. The van der Waals surface area contributed by atoms with Crippen LogP contribution in [-0.4, -0.2) is 31.6 Å². The smallest absolute Gasteiger partial charge is 0.250 e. The van der Waals surface area contributed by atoms with Crippen LogP contribution in [0.4, 0.5) is 5.69 Å². The number of hydrogen-bond acceptors (Lipinski definition) is 3. The minimum atomic E-state index is -0.270. The molecule has 0 aliphatic heterocycles. The molecule has 2 amide bonds. The monoisotopic (exact) mass is 264 g/mol. The summed E-state index contributed by atoms with van der Waals surface area (Å²) in [5.41, 5.74) is 1.79. The summed E-state index contributed by atoms with van der Waals surface area (Å²) >= 11 is 0. The maximum absolute atomic E-state index is 11.6. The Kier molecular flexibility index (Phi) is 6.60. The van der Waals surface area contributed by atoms with Crippen LogP contribution in [0.3, 0.4) is 0 Å². The molecule has 0 saturated heterocycles. The van der Waals surface area contributed by atoms with E-state index in [-0.39, 0.29) is 25.0 Å². The Morgan fingerprint density at radius 3 is 2.63 bits per heavy atom. The predicted octanol–water partition coefficient (Wildman–Crippen LogP) is 1.48. The van der Waals surface area contributed by atoms with Gasteiger partial charge in [-0.1, -0.05) is 19.1 Å². The minimum Gasteiger partial charge on any atom is -0.362 e. The number of carbonyl (C=O) groups excluding carboxylic acids is 2. The quantitative estimate of drug-likeness (QED) is 0.783. The van der Waals surface area contributed by atoms with E-state index in [0.29, 0.717) is 6.54 Å². The second-order valence-electron chi connectivity index (χ2n) is 4.26. The average Bonchev–Trinajstić information content (AvgIpc) is 2.36. The topological polar surface area (TPSA) is 67.4 Å². The molecule has 0 atom stereocenters. The maximum atomic E-state index is 11.6. The summed E-state index contributed by atoms with van der Waals surface area (Å²) in [6, 6.07) is 7.49. The van der Waals surface area contributed by atoms with Crippen molar-refractivity contribution in [1.29, 1.82) is 0 Å². The van der Waals surface area contributed by atoms with Crippen LogP contribution < -0.4 is 10.6 Å². The van der Waals surface area contributed by atoms with Crippen LogP contribution in [-0.2, 0) is 14.3 Å². The molecular formula is C14H20N2O3. The zero-order valence-electron chi connectivity index (χ0n) is 11.4. The SMILES string of the molecule is CCCNC(=O)COCC(=O)Nc1cccc(C)c1. The van der Waals surface area contributed by atoms with Crippen molar-refractivity contribution in [2.75, 3.05) is 25.1 Å². The van der Waals surface area contributed by atoms with Crippen LogP contribution in [0.15, 0.2) is 24.3 Å². The first kappa shape index (κ1) is 15.2. The third-order valence-electron chi connectivity index (χ3n) is 2.34. The average molecular weight is 264 g/mol. The summed E-state index contributed by atoms with van der Waals surface area (Å²) in [6.07, 6.45) is 0.875. The summed E-state index contributed by atoms with van der Waals surface area (Å²) in [7, 11) is 0. The highest BCUT2D eigenvalue weighted by Crippen LogP contribution is 2.08. The Morgan fingerprint density at radius 1 is 1.21 bits per heavy atom. The van der Waals surface area contributed by atoms with Crippen molar-refractivity contribution in [2.45, 2.75) is 20.3 Å². The first-order chi connectivity index (χ1) is 9.11. The fourth-order valence-electron chi connectivity index (χ4n) is 1.47. The Bertz CT molecular complexity index is 432. The van der Waals surface area contributed by atoms with Gasteiger partial charge in [0, 0.05) is 12.2 Å². The zero-order valence-corrected chi connectivity index (χ0v) is 11.4. The lowest BCUT2D eigenvalue weighted by Crippen LogP contribution is -2.30. The molecule has 0 aliphatic rings. The standard InChI is InChI=1S/C14H20N2O3/c1-3-7-15-13(17)9-19-10-14(18)16-12-6-4-5-11(2)8-12/h4-6,8H,3,7,9-10H2,1-2H3,(H,15,17)(H,16,18). The molecule has 1 aromatic carbocycles. The van der Waals surface area contributed by atoms with Crippen LogP contribution >= 0.6 is 0 Å². The van der Waals surface area contributed by atoms with Gasteiger partial charge in [-0.15, -0.1) is 0 Å². The van der Waals surface area contributed by atoms with Gasteiger partial charge in [0.1, 0.15) is 13.2 Å². The highest BCUT2D eigenvalue weighted by atomic mass is 16.5. The summed E-state index contributed by atoms with van der Waals surface area (Å²) in [6.45, 7) is 4.31. The van der Waals surface area contributed by atoms with E-state index < -0.39 is 0 Å². The van der Waals surface area contributed by atoms with Crippen LogP contribution in [0.5, 0.6) is 0 Å². The van der Waals surface area contributed by atoms with Crippen molar-refractivity contribution in [3.05, 3.63) is 29.8 Å². The van der Waals surface area contributed by atoms with Gasteiger partial charge in [-0.3, -0.25) is 9.59 Å². The van der Waals surface area contributed by atoms with E-state index in [4.69, 9.17) is 4.74 Å². The van der Waals surface area contributed by atoms with Crippen molar-refractivity contribution in [3.8, 4) is 0 Å². The van der Waals surface area contributed by atoms with Gasteiger partial charge in [0.25, 0.3) is 0 Å². The molecule has 5 heteroatoms. The molecule has 0 unspecified atom stereocenters. The fourth-order valence-corrected chi connectivity index (χ4v) is 1.47. The van der Waals surface area contributed by atoms with Crippen LogP contribution in [0.1, 0.15) is 18.9 Å². The van der Waals surface area contributed by atoms with E-state index in [2.05, 4.69) is 10.6 Å². The lowest BCUT2D eigenvalue weighted by Gasteiger charge is -2.07. The molecule has 0 aliphatic carbocycles. The number of benzene rings is 1. The van der Waals surface area contributed by atoms with E-state index >= 15 is 0 Å². The highest BCUT2D eigenvalue weighted by molar-refractivity contribution is 5.91. The molecule has 1 rings (SSSR count). The number of anilines is 1. The maximum Gasteiger partial charge on any atom is 0.250 e. The van der Waals surface area contributed by atoms with Gasteiger partial charge in [-0.25, -0.2) is 0 Å². The summed E-state index contributed by atoms with van der Waals surface area (Å²) in [5, 5.41) is 5.37. The molecule has 2 N–H and O–H groups in total. The van der Waals surface area contributed by atoms with Crippen molar-refractivity contribution in [1.82, 2.24) is 5.32 Å². The Balaban J connectivity index is 2.23. The number of rotatable bonds is 7. The fraction of sp³-hybridized carbons (Fsp3) is 0.429. The Hall–Kier alpha value is -1.88. The van der Waals surface area contributed by atoms with Crippen molar-refractivity contribution in [2.24, 2.45) is 0 Å². The molecule has 104 valence electrons. The number of hydrogen-bond donors (Lipinski definition) is 2. The molecule has 0 saturated carbocycles. The van der Waals surface area contributed by atoms with Gasteiger partial charge >= 0.3 is 0 Å². The van der Waals surface area contributed by atoms with Crippen LogP contribution in [0.25, 0.3) is 0 Å². The number of carbonyl (C=O) groups is 2. The third kappa shape index (κ3) is 6.57. The van der Waals surface area contributed by atoms with Crippen molar-refractivity contribution in [3.63, 3.8) is 0 Å². The predicted molar refractivity (Wildman–Crippen MR) is 73.9 cm³/mol. The molecule has 19 heavy (non-hydrogen) atoms. The zero-order chi connectivity index (χ0) is 14.1. The molecule has 5 nitrogen and oxygen atoms in total. The van der Waals surface area contributed by atoms with E-state index in [0.717, 1.165) is 17.7 Å². The van der Waals surface area contributed by atoms with Gasteiger partial charge in [-0.2, -0.15) is 0 Å². The van der Waals surface area contributed by atoms with Gasteiger partial charge in [-0.05, 0) is 31.0 Å². The van der Waals surface area contributed by atoms with E-state index in [9.17, 15) is 9.59 Å². The summed E-state index contributed by atoms with van der Waals surface area (Å²) in [4.78, 5) is 22.8. The molecule has 1 aromatic rings. The lowest BCUT2D eigenvalue weighted by atomic mass is 10.2. The molecule has 0 aromatic heterocycles. The first-order valence-corrected chi connectivity index (χ1v) is 6.32. The molecule has 0 fully saturated rings. The third-order valence-corrected chi connectivity index (χ3v) is 2.34. The Labute approximate surface area is 113 Å². The number of ether oxygens (including phenoxy) is 1. The van der Waals surface area contributed by atoms with Crippen molar-refractivity contribution >= 4 is 17.5 Å². The molecule has 0 bridgehead atoms. The van der Waals surface area contributed by atoms with Crippen molar-refractivity contribution < 1.29 is 14.3 Å². The lowest BCUT2D eigenvalue weighted by molar-refractivity contribution is -0.128. The highest BCUT2D eigenvalue weighted by Gasteiger charge is 2.05. The molecule has 0 heterocycles. The van der Waals surface area contributed by atoms with Gasteiger partial charge in [0.15, 0.2) is 0 Å². The molecular weight excluding hydrogens is 244 g/mol. The van der Waals surface area contributed by atoms with E-state index in [1.165, 1.54) is 0 Å². The summed E-state index contributed by atoms with van der Waals surface area (Å²) in [5.74, 6) is -0.473. The van der Waals surface area contributed by atoms with E-state index in [1.54, 1.807) is 6.07 Å². The van der Waals surface area contributed by atoms with Gasteiger partial charge < -0.3 is 15.4 Å². The molecule has 0 radical (unpaired) electrons. The number of aryl methyl sites for hydroxylation is 1. The molecule has 0 spiro atoms. The number of nitrogens with one attached hydrogen (secondary N) is 2. The van der Waals surface area contributed by atoms with Gasteiger partial charge in [0.2, 0.25) is 11.8 Å². The number of amides is 2. The largest absolute Gasteiger partial charge is 0.362 e. The van der Waals surface area contributed by atoms with Crippen LogP contribution in [0.2, 0.25) is 0 Å².